The van der Waals surface area contributed by atoms with E-state index in [1.54, 1.807) is 0 Å². The summed E-state index contributed by atoms with van der Waals surface area (Å²) in [5.41, 5.74) is 3.18. The molecule has 21 heavy (non-hydrogen) atoms. The number of aromatic nitrogens is 3. The molecule has 0 unspecified atom stereocenters. The lowest BCUT2D eigenvalue weighted by Gasteiger charge is -2.08. The fraction of sp³-hybridized carbons (Fsp3) is 0.0588. The van der Waals surface area contributed by atoms with Gasteiger partial charge >= 0.3 is 0 Å². The van der Waals surface area contributed by atoms with Crippen LogP contribution in [0, 0.1) is 0 Å². The third-order valence-corrected chi connectivity index (χ3v) is 4.62. The Balaban J connectivity index is 1.82. The monoisotopic (exact) mass is 337 g/mol. The molecule has 0 amide bonds. The molecule has 3 aromatic carbocycles. The molecular weight excluding hydrogens is 326 g/mol. The molecule has 4 rings (SSSR count). The Hall–Kier alpha value is -2.20. The van der Waals surface area contributed by atoms with Crippen LogP contribution in [0.15, 0.2) is 65.1 Å². The van der Waals surface area contributed by atoms with Crippen LogP contribution in [0.3, 0.4) is 0 Å². The van der Waals surface area contributed by atoms with Crippen LogP contribution >= 0.6 is 15.9 Å². The van der Waals surface area contributed by atoms with Crippen LogP contribution in [0.4, 0.5) is 0 Å². The van der Waals surface area contributed by atoms with Crippen molar-refractivity contribution in [2.45, 2.75) is 6.54 Å². The summed E-state index contributed by atoms with van der Waals surface area (Å²) in [6, 6.07) is 20.7. The van der Waals surface area contributed by atoms with Gasteiger partial charge < -0.3 is 0 Å². The molecule has 0 saturated carbocycles. The molecule has 1 aromatic heterocycles. The van der Waals surface area contributed by atoms with Gasteiger partial charge in [-0.05, 0) is 44.4 Å². The fourth-order valence-electron chi connectivity index (χ4n) is 2.60. The normalized spacial score (nSPS) is 11.3. The Morgan fingerprint density at radius 1 is 0.905 bits per heavy atom. The maximum atomic E-state index is 4.26. The van der Waals surface area contributed by atoms with Gasteiger partial charge in [0.1, 0.15) is 5.52 Å². The van der Waals surface area contributed by atoms with E-state index in [1.807, 2.05) is 28.9 Å². The third-order valence-electron chi connectivity index (χ3n) is 3.68. The van der Waals surface area contributed by atoms with Crippen LogP contribution in [0.1, 0.15) is 5.56 Å². The number of rotatable bonds is 2. The standard InChI is InChI=1S/C17H12BrN3/c18-17-13(10-9-12-5-1-2-6-14(12)17)11-21-16-8-4-3-7-15(16)19-20-21/h1-10H,11H2. The summed E-state index contributed by atoms with van der Waals surface area (Å²) >= 11 is 3.73. The van der Waals surface area contributed by atoms with E-state index in [0.717, 1.165) is 15.5 Å². The summed E-state index contributed by atoms with van der Waals surface area (Å²) in [6.07, 6.45) is 0. The molecule has 0 N–H and O–H groups in total. The smallest absolute Gasteiger partial charge is 0.113 e. The van der Waals surface area contributed by atoms with E-state index < -0.39 is 0 Å². The van der Waals surface area contributed by atoms with E-state index in [9.17, 15) is 0 Å². The van der Waals surface area contributed by atoms with Crippen molar-refractivity contribution in [3.8, 4) is 0 Å². The maximum Gasteiger partial charge on any atom is 0.113 e. The maximum absolute atomic E-state index is 4.26. The van der Waals surface area contributed by atoms with Crippen LogP contribution in [-0.2, 0) is 6.54 Å². The first kappa shape index (κ1) is 12.5. The summed E-state index contributed by atoms with van der Waals surface area (Å²) in [5, 5.41) is 10.9. The fourth-order valence-corrected chi connectivity index (χ4v) is 3.21. The third kappa shape index (κ3) is 2.12. The minimum atomic E-state index is 0.700. The molecule has 0 atom stereocenters. The minimum absolute atomic E-state index is 0.700. The van der Waals surface area contributed by atoms with Crippen LogP contribution < -0.4 is 0 Å². The van der Waals surface area contributed by atoms with E-state index in [2.05, 4.69) is 62.6 Å². The number of fused-ring (bicyclic) bond motifs is 2. The molecular formula is C17H12BrN3. The molecule has 0 fully saturated rings. The number of halogens is 1. The average Bonchev–Trinajstić information content (AvgIpc) is 2.94. The van der Waals surface area contributed by atoms with Crippen molar-refractivity contribution in [1.82, 2.24) is 15.0 Å². The molecule has 0 spiro atoms. The number of hydrogen-bond acceptors (Lipinski definition) is 2. The molecule has 1 heterocycles. The molecule has 0 aliphatic rings. The first-order chi connectivity index (χ1) is 10.3. The molecule has 0 saturated heterocycles. The zero-order valence-corrected chi connectivity index (χ0v) is 12.8. The van der Waals surface area contributed by atoms with Crippen LogP contribution in [0.5, 0.6) is 0 Å². The topological polar surface area (TPSA) is 30.7 Å². The van der Waals surface area contributed by atoms with Gasteiger partial charge in [0.15, 0.2) is 0 Å². The van der Waals surface area contributed by atoms with E-state index in [-0.39, 0.29) is 0 Å². The Bertz CT molecular complexity index is 943. The first-order valence-corrected chi connectivity index (χ1v) is 7.56. The van der Waals surface area contributed by atoms with Crippen molar-refractivity contribution in [2.75, 3.05) is 0 Å². The zero-order valence-electron chi connectivity index (χ0n) is 11.2. The second kappa shape index (κ2) is 4.97. The highest BCUT2D eigenvalue weighted by Crippen LogP contribution is 2.28. The van der Waals surface area contributed by atoms with Gasteiger partial charge in [0.2, 0.25) is 0 Å². The number of benzene rings is 3. The Kier molecular flexibility index (Phi) is 2.97. The summed E-state index contributed by atoms with van der Waals surface area (Å²) in [6.45, 7) is 0.700. The molecule has 0 radical (unpaired) electrons. The summed E-state index contributed by atoms with van der Waals surface area (Å²) in [4.78, 5) is 0. The van der Waals surface area contributed by atoms with Gasteiger partial charge in [-0.3, -0.25) is 0 Å². The lowest BCUT2D eigenvalue weighted by molar-refractivity contribution is 0.669. The second-order valence-corrected chi connectivity index (χ2v) is 5.79. The molecule has 4 aromatic rings. The summed E-state index contributed by atoms with van der Waals surface area (Å²) in [7, 11) is 0. The van der Waals surface area contributed by atoms with E-state index in [0.29, 0.717) is 6.54 Å². The quantitative estimate of drug-likeness (QED) is 0.543. The molecule has 0 bridgehead atoms. The highest BCUT2D eigenvalue weighted by Gasteiger charge is 2.08. The second-order valence-electron chi connectivity index (χ2n) is 5.00. The lowest BCUT2D eigenvalue weighted by atomic mass is 10.1. The molecule has 102 valence electrons. The van der Waals surface area contributed by atoms with Crippen molar-refractivity contribution < 1.29 is 0 Å². The first-order valence-electron chi connectivity index (χ1n) is 6.77. The Labute approximate surface area is 130 Å². The zero-order chi connectivity index (χ0) is 14.2. The number of nitrogens with zero attached hydrogens (tertiary/aromatic N) is 3. The summed E-state index contributed by atoms with van der Waals surface area (Å²) < 4.78 is 3.06. The van der Waals surface area contributed by atoms with E-state index in [4.69, 9.17) is 0 Å². The van der Waals surface area contributed by atoms with Gasteiger partial charge in [-0.25, -0.2) is 4.68 Å². The van der Waals surface area contributed by atoms with Crippen molar-refractivity contribution >= 4 is 37.7 Å². The molecule has 0 aliphatic heterocycles. The largest absolute Gasteiger partial charge is 0.240 e. The average molecular weight is 338 g/mol. The number of hydrogen-bond donors (Lipinski definition) is 0. The van der Waals surface area contributed by atoms with Gasteiger partial charge in [0, 0.05) is 4.47 Å². The van der Waals surface area contributed by atoms with Crippen LogP contribution in [0.25, 0.3) is 21.8 Å². The van der Waals surface area contributed by atoms with Crippen molar-refractivity contribution in [3.05, 3.63) is 70.7 Å². The van der Waals surface area contributed by atoms with E-state index >= 15 is 0 Å². The Morgan fingerprint density at radius 2 is 1.71 bits per heavy atom. The predicted molar refractivity (Wildman–Crippen MR) is 88.3 cm³/mol. The Morgan fingerprint density at radius 3 is 2.67 bits per heavy atom. The van der Waals surface area contributed by atoms with Gasteiger partial charge in [-0.1, -0.05) is 53.7 Å². The van der Waals surface area contributed by atoms with Crippen LogP contribution in [-0.4, -0.2) is 15.0 Å². The van der Waals surface area contributed by atoms with Gasteiger partial charge in [0.25, 0.3) is 0 Å². The van der Waals surface area contributed by atoms with Gasteiger partial charge in [0.05, 0.1) is 12.1 Å². The minimum Gasteiger partial charge on any atom is -0.240 e. The number of para-hydroxylation sites is 1. The lowest BCUT2D eigenvalue weighted by Crippen LogP contribution is -2.02. The predicted octanol–water partition coefficient (Wildman–Crippen LogP) is 4.40. The van der Waals surface area contributed by atoms with Gasteiger partial charge in [-0.2, -0.15) is 0 Å². The molecule has 0 aliphatic carbocycles. The van der Waals surface area contributed by atoms with Crippen molar-refractivity contribution in [3.63, 3.8) is 0 Å². The highest BCUT2D eigenvalue weighted by molar-refractivity contribution is 9.10. The van der Waals surface area contributed by atoms with E-state index in [1.165, 1.54) is 16.3 Å². The van der Waals surface area contributed by atoms with Crippen molar-refractivity contribution in [2.24, 2.45) is 0 Å². The highest BCUT2D eigenvalue weighted by atomic mass is 79.9. The van der Waals surface area contributed by atoms with Crippen molar-refractivity contribution in [1.29, 1.82) is 0 Å². The summed E-state index contributed by atoms with van der Waals surface area (Å²) in [5.74, 6) is 0. The molecule has 4 heteroatoms. The van der Waals surface area contributed by atoms with Gasteiger partial charge in [-0.15, -0.1) is 5.10 Å². The SMILES string of the molecule is Brc1c(Cn2nnc3ccccc32)ccc2ccccc12. The van der Waals surface area contributed by atoms with Crippen LogP contribution in [0.2, 0.25) is 0 Å². The molecule has 3 nitrogen and oxygen atoms in total.